The van der Waals surface area contributed by atoms with Crippen LogP contribution in [-0.4, -0.2) is 55.0 Å². The molecular formula is C13H21ClN6O2S2. The monoisotopic (exact) mass is 392 g/mol. The van der Waals surface area contributed by atoms with Crippen LogP contribution in [0.5, 0.6) is 0 Å². The van der Waals surface area contributed by atoms with Gasteiger partial charge in [-0.15, -0.1) is 12.4 Å². The van der Waals surface area contributed by atoms with Gasteiger partial charge < -0.3 is 11.1 Å². The Morgan fingerprint density at radius 2 is 2.17 bits per heavy atom. The maximum Gasteiger partial charge on any atom is 0.338 e. The molecule has 0 bridgehead atoms. The zero-order valence-corrected chi connectivity index (χ0v) is 15.7. The maximum atomic E-state index is 11.6. The fraction of sp³-hybridized carbons (Fsp3) is 0.385. The predicted octanol–water partition coefficient (Wildman–Crippen LogP) is 1.64. The minimum absolute atomic E-state index is 0. The number of thioether (sulfide) groups is 1. The number of carbonyl (C=O) groups is 2. The molecule has 1 aliphatic heterocycles. The van der Waals surface area contributed by atoms with Gasteiger partial charge in [0.2, 0.25) is 0 Å². The molecule has 1 aliphatic rings. The van der Waals surface area contributed by atoms with Gasteiger partial charge in [-0.1, -0.05) is 11.8 Å². The Labute approximate surface area is 156 Å². The van der Waals surface area contributed by atoms with E-state index < -0.39 is 0 Å². The Bertz CT molecular complexity index is 595. The first-order valence-corrected chi connectivity index (χ1v) is 8.45. The number of halogens is 1. The van der Waals surface area contributed by atoms with Crippen LogP contribution in [0.15, 0.2) is 31.2 Å². The summed E-state index contributed by atoms with van der Waals surface area (Å²) < 4.78 is 2.80. The zero-order valence-electron chi connectivity index (χ0n) is 13.2. The summed E-state index contributed by atoms with van der Waals surface area (Å²) >= 11 is 5.14. The van der Waals surface area contributed by atoms with Gasteiger partial charge in [-0.25, -0.2) is 14.8 Å². The van der Waals surface area contributed by atoms with Crippen molar-refractivity contribution in [2.75, 3.05) is 24.6 Å². The molecule has 1 fully saturated rings. The number of thiol groups is 1. The Morgan fingerprint density at radius 3 is 2.50 bits per heavy atom. The van der Waals surface area contributed by atoms with Crippen molar-refractivity contribution in [3.63, 3.8) is 0 Å². The minimum atomic E-state index is -0.182. The highest BCUT2D eigenvalue weighted by atomic mass is 35.5. The maximum absolute atomic E-state index is 11.6. The van der Waals surface area contributed by atoms with Crippen molar-refractivity contribution in [3.8, 4) is 0 Å². The minimum Gasteiger partial charge on any atom is -0.346 e. The van der Waals surface area contributed by atoms with Crippen molar-refractivity contribution in [1.82, 2.24) is 24.4 Å². The molecular weight excluding hydrogens is 372 g/mol. The Balaban J connectivity index is 0.000000404. The van der Waals surface area contributed by atoms with E-state index in [1.54, 1.807) is 18.6 Å². The molecule has 3 heterocycles. The number of nitrogens with zero attached hydrogens (tertiary/aromatic N) is 4. The average Bonchev–Trinajstić information content (AvgIpc) is 3.30. The number of hydrogen-bond donors (Lipinski definition) is 3. The standard InChI is InChI=1S/C8H8N4O.C3H5NOS.C2H7NS.ClH/c1-7-4-12(6-10-7)8(13)11-3-2-9-5-11;5-3-4-1-2-6-3;3-1-2-4;/h2-6H,1H3;1-2H2,(H,4,5);4H,1-3H2;1H. The molecule has 1 saturated heterocycles. The van der Waals surface area contributed by atoms with E-state index in [2.05, 4.69) is 27.9 Å². The van der Waals surface area contributed by atoms with Crippen LogP contribution >= 0.6 is 36.8 Å². The second-order valence-electron chi connectivity index (χ2n) is 4.25. The summed E-state index contributed by atoms with van der Waals surface area (Å²) in [7, 11) is 0. The highest BCUT2D eigenvalue weighted by molar-refractivity contribution is 8.13. The molecule has 0 aromatic carbocycles. The molecule has 0 radical (unpaired) electrons. The predicted molar refractivity (Wildman–Crippen MR) is 101 cm³/mol. The summed E-state index contributed by atoms with van der Waals surface area (Å²) in [6.07, 6.45) is 7.76. The number of aryl methyl sites for hydroxylation is 1. The van der Waals surface area contributed by atoms with Crippen molar-refractivity contribution in [1.29, 1.82) is 0 Å². The lowest BCUT2D eigenvalue weighted by atomic mass is 10.6. The van der Waals surface area contributed by atoms with Crippen molar-refractivity contribution < 1.29 is 9.59 Å². The summed E-state index contributed by atoms with van der Waals surface area (Å²) in [5.41, 5.74) is 5.76. The third kappa shape index (κ3) is 8.39. The molecule has 11 heteroatoms. The first-order valence-electron chi connectivity index (χ1n) is 6.83. The molecule has 3 N–H and O–H groups in total. The van der Waals surface area contributed by atoms with E-state index in [1.807, 2.05) is 6.92 Å². The number of nitrogens with two attached hydrogens (primary N) is 1. The number of rotatable bonds is 1. The van der Waals surface area contributed by atoms with Gasteiger partial charge in [0.15, 0.2) is 0 Å². The zero-order chi connectivity index (χ0) is 17.1. The molecule has 8 nitrogen and oxygen atoms in total. The van der Waals surface area contributed by atoms with Gasteiger partial charge in [0, 0.05) is 43.2 Å². The normalized spacial score (nSPS) is 12.0. The smallest absolute Gasteiger partial charge is 0.338 e. The van der Waals surface area contributed by atoms with E-state index >= 15 is 0 Å². The lowest BCUT2D eigenvalue weighted by molar-refractivity contribution is 0.243. The number of hydrogen-bond acceptors (Lipinski definition) is 7. The number of carbonyl (C=O) groups excluding carboxylic acids is 2. The highest BCUT2D eigenvalue weighted by Gasteiger charge is 2.06. The average molecular weight is 393 g/mol. The van der Waals surface area contributed by atoms with Gasteiger partial charge in [0.05, 0.1) is 5.69 Å². The summed E-state index contributed by atoms with van der Waals surface area (Å²) in [6.45, 7) is 3.37. The molecule has 0 unspecified atom stereocenters. The first-order chi connectivity index (χ1) is 11.1. The molecule has 24 heavy (non-hydrogen) atoms. The van der Waals surface area contributed by atoms with Crippen molar-refractivity contribution in [3.05, 3.63) is 36.9 Å². The van der Waals surface area contributed by atoms with Crippen molar-refractivity contribution >= 4 is 48.1 Å². The van der Waals surface area contributed by atoms with E-state index in [0.717, 1.165) is 23.7 Å². The van der Waals surface area contributed by atoms with Crippen LogP contribution in [0.25, 0.3) is 0 Å². The number of imidazole rings is 2. The van der Waals surface area contributed by atoms with E-state index in [4.69, 9.17) is 5.73 Å². The molecule has 2 aromatic heterocycles. The third-order valence-electron chi connectivity index (χ3n) is 2.39. The highest BCUT2D eigenvalue weighted by Crippen LogP contribution is 2.04. The largest absolute Gasteiger partial charge is 0.346 e. The fourth-order valence-electron chi connectivity index (χ4n) is 1.38. The first kappa shape index (κ1) is 22.5. The van der Waals surface area contributed by atoms with E-state index in [-0.39, 0.29) is 23.7 Å². The van der Waals surface area contributed by atoms with Crippen molar-refractivity contribution in [2.24, 2.45) is 5.73 Å². The van der Waals surface area contributed by atoms with Gasteiger partial charge in [-0.05, 0) is 6.92 Å². The van der Waals surface area contributed by atoms with Crippen LogP contribution in [0, 0.1) is 6.92 Å². The van der Waals surface area contributed by atoms with E-state index in [0.29, 0.717) is 6.54 Å². The Hall–Kier alpha value is -1.49. The number of nitrogens with one attached hydrogen (secondary N) is 1. The van der Waals surface area contributed by atoms with Gasteiger partial charge in [0.25, 0.3) is 5.24 Å². The van der Waals surface area contributed by atoms with Gasteiger partial charge >= 0.3 is 6.03 Å². The molecule has 2 aromatic rings. The van der Waals surface area contributed by atoms with E-state index in [1.165, 1.54) is 33.6 Å². The summed E-state index contributed by atoms with van der Waals surface area (Å²) in [5.74, 6) is 1.73. The fourth-order valence-corrected chi connectivity index (χ4v) is 1.97. The molecule has 0 aliphatic carbocycles. The van der Waals surface area contributed by atoms with Crippen LogP contribution in [0.1, 0.15) is 5.69 Å². The van der Waals surface area contributed by atoms with Crippen LogP contribution in [0.3, 0.4) is 0 Å². The quantitative estimate of drug-likeness (QED) is 0.637. The van der Waals surface area contributed by atoms with Crippen LogP contribution in [-0.2, 0) is 0 Å². The molecule has 0 saturated carbocycles. The molecule has 0 atom stereocenters. The molecule has 3 rings (SSSR count). The van der Waals surface area contributed by atoms with Crippen LogP contribution in [0.4, 0.5) is 9.59 Å². The van der Waals surface area contributed by atoms with Crippen LogP contribution in [0.2, 0.25) is 0 Å². The van der Waals surface area contributed by atoms with E-state index in [9.17, 15) is 9.59 Å². The number of amides is 1. The van der Waals surface area contributed by atoms with Gasteiger partial charge in [-0.3, -0.25) is 13.9 Å². The summed E-state index contributed by atoms with van der Waals surface area (Å²) in [6, 6.07) is -0.182. The molecule has 1 amide bonds. The third-order valence-corrected chi connectivity index (χ3v) is 3.46. The Morgan fingerprint density at radius 1 is 1.46 bits per heavy atom. The van der Waals surface area contributed by atoms with Crippen molar-refractivity contribution in [2.45, 2.75) is 6.92 Å². The topological polar surface area (TPSA) is 108 Å². The number of aromatic nitrogens is 4. The summed E-state index contributed by atoms with van der Waals surface area (Å²) in [5, 5.41) is 2.76. The summed E-state index contributed by atoms with van der Waals surface area (Å²) in [4.78, 5) is 29.4. The second-order valence-corrected chi connectivity index (χ2v) is 5.76. The van der Waals surface area contributed by atoms with Gasteiger partial charge in [0.1, 0.15) is 12.7 Å². The van der Waals surface area contributed by atoms with Crippen LogP contribution < -0.4 is 11.1 Å². The molecule has 0 spiro atoms. The molecule has 134 valence electrons. The van der Waals surface area contributed by atoms with Gasteiger partial charge in [-0.2, -0.15) is 12.6 Å². The second kappa shape index (κ2) is 12.9. The lowest BCUT2D eigenvalue weighted by Gasteiger charge is -1.98. The lowest BCUT2D eigenvalue weighted by Crippen LogP contribution is -2.15. The SMILES string of the molecule is Cc1cn(C(=O)n2ccnc2)cn1.Cl.NCCS.O=C1NCCS1. The Kier molecular flexibility index (Phi) is 12.1.